The third kappa shape index (κ3) is 6.02. The van der Waals surface area contributed by atoms with Crippen LogP contribution >= 0.6 is 0 Å². The lowest BCUT2D eigenvalue weighted by Crippen LogP contribution is -2.30. The summed E-state index contributed by atoms with van der Waals surface area (Å²) in [4.78, 5) is 24.2. The highest BCUT2D eigenvalue weighted by molar-refractivity contribution is 5.82. The number of Topliss-reactive ketones (excluding diaryl/α,β-unsaturated/α-hetero) is 1. The lowest BCUT2D eigenvalue weighted by Gasteiger charge is -2.31. The molecule has 3 atom stereocenters. The molecule has 158 valence electrons. The van der Waals surface area contributed by atoms with Crippen molar-refractivity contribution in [3.8, 4) is 0 Å². The van der Waals surface area contributed by atoms with E-state index in [1.165, 1.54) is 18.2 Å². The first-order valence-electron chi connectivity index (χ1n) is 11.1. The minimum atomic E-state index is -0.327. The molecular formula is C25H34O4. The third-order valence-corrected chi connectivity index (χ3v) is 6.55. The summed E-state index contributed by atoms with van der Waals surface area (Å²) in [5, 5.41) is 10.4. The van der Waals surface area contributed by atoms with Crippen molar-refractivity contribution in [2.75, 3.05) is 7.11 Å². The Morgan fingerprint density at radius 3 is 2.69 bits per heavy atom. The number of rotatable bonds is 7. The summed E-state index contributed by atoms with van der Waals surface area (Å²) in [7, 11) is 1.42. The van der Waals surface area contributed by atoms with E-state index in [1.54, 1.807) is 0 Å². The van der Waals surface area contributed by atoms with Crippen molar-refractivity contribution in [3.05, 3.63) is 47.0 Å². The number of methoxy groups -OCH3 is 1. The molecule has 1 N–H and O–H groups in total. The lowest BCUT2D eigenvalue weighted by molar-refractivity contribution is -0.140. The van der Waals surface area contributed by atoms with Crippen LogP contribution in [0.15, 0.2) is 35.9 Å². The molecule has 0 aromatic heterocycles. The largest absolute Gasteiger partial charge is 0.469 e. The van der Waals surface area contributed by atoms with E-state index in [1.807, 2.05) is 12.1 Å². The Labute approximate surface area is 174 Å². The molecule has 1 aromatic rings. The van der Waals surface area contributed by atoms with E-state index >= 15 is 0 Å². The van der Waals surface area contributed by atoms with Crippen molar-refractivity contribution in [2.45, 2.75) is 76.7 Å². The number of carbonyl (C=O) groups excluding carboxylic acids is 2. The normalized spacial score (nSPS) is 26.5. The van der Waals surface area contributed by atoms with Gasteiger partial charge in [-0.05, 0) is 74.0 Å². The van der Waals surface area contributed by atoms with E-state index in [4.69, 9.17) is 4.74 Å². The van der Waals surface area contributed by atoms with Gasteiger partial charge in [-0.25, -0.2) is 0 Å². The molecule has 0 aliphatic heterocycles. The standard InChI is InChI=1S/C25H34O4/c1-29-25(28)15-7-11-18-8-2-3-9-19(18)17-22-20(12-6-14-24(22)27)16-21-10-4-5-13-23(21)26/h2-3,8-9,16,20,22-23,26H,4-7,10-15,17H2,1H3/b21-16+/t20-,22-,23-/m0/s1. The topological polar surface area (TPSA) is 63.6 Å². The maximum Gasteiger partial charge on any atom is 0.305 e. The van der Waals surface area contributed by atoms with Crippen molar-refractivity contribution in [1.82, 2.24) is 0 Å². The van der Waals surface area contributed by atoms with Crippen LogP contribution in [0.3, 0.4) is 0 Å². The molecular weight excluding hydrogens is 364 g/mol. The Bertz CT molecular complexity index is 736. The van der Waals surface area contributed by atoms with E-state index in [0.29, 0.717) is 18.6 Å². The molecule has 2 aliphatic rings. The average Bonchev–Trinajstić information content (AvgIpc) is 2.73. The van der Waals surface area contributed by atoms with Gasteiger partial charge >= 0.3 is 5.97 Å². The zero-order valence-corrected chi connectivity index (χ0v) is 17.6. The van der Waals surface area contributed by atoms with Gasteiger partial charge in [0, 0.05) is 18.8 Å². The molecule has 2 aliphatic carbocycles. The fraction of sp³-hybridized carbons (Fsp3) is 0.600. The van der Waals surface area contributed by atoms with Gasteiger partial charge in [-0.1, -0.05) is 36.8 Å². The van der Waals surface area contributed by atoms with Crippen molar-refractivity contribution in [3.63, 3.8) is 0 Å². The second kappa shape index (κ2) is 10.7. The Hall–Kier alpha value is -1.94. The number of carbonyl (C=O) groups is 2. The minimum Gasteiger partial charge on any atom is -0.469 e. The van der Waals surface area contributed by atoms with Crippen LogP contribution in [0.4, 0.5) is 0 Å². The summed E-state index contributed by atoms with van der Waals surface area (Å²) in [6, 6.07) is 8.29. The van der Waals surface area contributed by atoms with Crippen molar-refractivity contribution in [2.24, 2.45) is 11.8 Å². The van der Waals surface area contributed by atoms with Crippen molar-refractivity contribution in [1.29, 1.82) is 0 Å². The van der Waals surface area contributed by atoms with Crippen LogP contribution in [0.2, 0.25) is 0 Å². The zero-order chi connectivity index (χ0) is 20.6. The number of hydrogen-bond donors (Lipinski definition) is 1. The molecule has 2 fully saturated rings. The molecule has 4 heteroatoms. The van der Waals surface area contributed by atoms with Crippen LogP contribution in [-0.2, 0) is 27.2 Å². The SMILES string of the molecule is COC(=O)CCCc1ccccc1C[C@@H]1C(=O)CCC[C@H]1/C=C1\CCCC[C@@H]1O. The van der Waals surface area contributed by atoms with Crippen LogP contribution in [0, 0.1) is 11.8 Å². The van der Waals surface area contributed by atoms with Crippen LogP contribution in [-0.4, -0.2) is 30.1 Å². The maximum absolute atomic E-state index is 12.8. The molecule has 0 heterocycles. The van der Waals surface area contributed by atoms with Gasteiger partial charge in [0.2, 0.25) is 0 Å². The molecule has 0 spiro atoms. The van der Waals surface area contributed by atoms with Gasteiger partial charge in [-0.2, -0.15) is 0 Å². The van der Waals surface area contributed by atoms with E-state index in [0.717, 1.165) is 63.4 Å². The number of aryl methyl sites for hydroxylation is 1. The molecule has 0 bridgehead atoms. The summed E-state index contributed by atoms with van der Waals surface area (Å²) >= 11 is 0. The molecule has 1 aromatic carbocycles. The molecule has 0 unspecified atom stereocenters. The molecule has 0 amide bonds. The summed E-state index contributed by atoms with van der Waals surface area (Å²) in [6.45, 7) is 0. The monoisotopic (exact) mass is 398 g/mol. The van der Waals surface area contributed by atoms with E-state index in [9.17, 15) is 14.7 Å². The highest BCUT2D eigenvalue weighted by atomic mass is 16.5. The summed E-state index contributed by atoms with van der Waals surface area (Å²) in [5.74, 6) is 0.393. The molecule has 4 nitrogen and oxygen atoms in total. The first kappa shape index (κ1) is 21.8. The second-order valence-corrected chi connectivity index (χ2v) is 8.53. The van der Waals surface area contributed by atoms with E-state index < -0.39 is 0 Å². The predicted octanol–water partition coefficient (Wildman–Crippen LogP) is 4.57. The van der Waals surface area contributed by atoms with Gasteiger partial charge in [0.15, 0.2) is 0 Å². The van der Waals surface area contributed by atoms with Crippen LogP contribution in [0.1, 0.15) is 68.9 Å². The quantitative estimate of drug-likeness (QED) is 0.540. The second-order valence-electron chi connectivity index (χ2n) is 8.53. The summed E-state index contributed by atoms with van der Waals surface area (Å²) in [6.07, 6.45) is 11.3. The van der Waals surface area contributed by atoms with Gasteiger partial charge in [-0.15, -0.1) is 0 Å². The van der Waals surface area contributed by atoms with Crippen molar-refractivity contribution < 1.29 is 19.4 Å². The van der Waals surface area contributed by atoms with E-state index in [-0.39, 0.29) is 23.9 Å². The smallest absolute Gasteiger partial charge is 0.305 e. The molecule has 2 saturated carbocycles. The number of allylic oxidation sites excluding steroid dienone is 1. The number of hydrogen-bond acceptors (Lipinski definition) is 4. The highest BCUT2D eigenvalue weighted by Crippen LogP contribution is 2.35. The fourth-order valence-electron chi connectivity index (χ4n) is 4.85. The van der Waals surface area contributed by atoms with Crippen LogP contribution in [0.25, 0.3) is 0 Å². The summed E-state index contributed by atoms with van der Waals surface area (Å²) in [5.41, 5.74) is 3.58. The maximum atomic E-state index is 12.8. The molecule has 0 radical (unpaired) electrons. The number of aliphatic hydroxyl groups excluding tert-OH is 1. The van der Waals surface area contributed by atoms with Gasteiger partial charge < -0.3 is 9.84 Å². The van der Waals surface area contributed by atoms with Gasteiger partial charge in [0.1, 0.15) is 5.78 Å². The van der Waals surface area contributed by atoms with Gasteiger partial charge in [-0.3, -0.25) is 9.59 Å². The lowest BCUT2D eigenvalue weighted by atomic mass is 9.73. The zero-order valence-electron chi connectivity index (χ0n) is 17.6. The minimum absolute atomic E-state index is 0.00728. The van der Waals surface area contributed by atoms with Crippen LogP contribution < -0.4 is 0 Å². The predicted molar refractivity (Wildman–Crippen MR) is 113 cm³/mol. The van der Waals surface area contributed by atoms with Gasteiger partial charge in [0.05, 0.1) is 13.2 Å². The molecule has 0 saturated heterocycles. The summed E-state index contributed by atoms with van der Waals surface area (Å²) < 4.78 is 4.74. The van der Waals surface area contributed by atoms with Crippen LogP contribution in [0.5, 0.6) is 0 Å². The third-order valence-electron chi connectivity index (χ3n) is 6.55. The van der Waals surface area contributed by atoms with Gasteiger partial charge in [0.25, 0.3) is 0 Å². The fourth-order valence-corrected chi connectivity index (χ4v) is 4.85. The molecule has 3 rings (SSSR count). The number of esters is 1. The number of ketones is 1. The number of ether oxygens (including phenoxy) is 1. The molecule has 29 heavy (non-hydrogen) atoms. The Morgan fingerprint density at radius 2 is 1.93 bits per heavy atom. The Kier molecular flexibility index (Phi) is 8.05. The highest BCUT2D eigenvalue weighted by Gasteiger charge is 2.32. The van der Waals surface area contributed by atoms with Crippen molar-refractivity contribution >= 4 is 11.8 Å². The first-order chi connectivity index (χ1) is 14.1. The number of aliphatic hydroxyl groups is 1. The first-order valence-corrected chi connectivity index (χ1v) is 11.1. The Morgan fingerprint density at radius 1 is 1.14 bits per heavy atom. The number of benzene rings is 1. The van der Waals surface area contributed by atoms with E-state index in [2.05, 4.69) is 18.2 Å². The average molecular weight is 399 g/mol. The Balaban J connectivity index is 1.73.